The van der Waals surface area contributed by atoms with Gasteiger partial charge in [0, 0.05) is 37.6 Å². The molecule has 1 aromatic rings. The molecule has 0 aromatic heterocycles. The van der Waals surface area contributed by atoms with Gasteiger partial charge in [-0.1, -0.05) is 27.2 Å². The first-order chi connectivity index (χ1) is 38.8. The Morgan fingerprint density at radius 3 is 1.52 bits per heavy atom. The van der Waals surface area contributed by atoms with Crippen LogP contribution in [0.25, 0.3) is 0 Å². The Labute approximate surface area is 467 Å². The number of imide groups is 1. The first kappa shape index (κ1) is 70.2. The van der Waals surface area contributed by atoms with Gasteiger partial charge in [-0.25, -0.2) is 4.79 Å². The summed E-state index contributed by atoms with van der Waals surface area (Å²) >= 11 is 0. The van der Waals surface area contributed by atoms with E-state index < -0.39 is 11.6 Å². The lowest BCUT2D eigenvalue weighted by Crippen LogP contribution is -2.48. The van der Waals surface area contributed by atoms with E-state index in [1.807, 2.05) is 20.8 Å². The molecule has 3 N–H and O–H groups in total. The molecule has 1 unspecified atom stereocenters. The zero-order valence-electron chi connectivity index (χ0n) is 47.6. The van der Waals surface area contributed by atoms with Gasteiger partial charge >= 0.3 is 12.0 Å². The normalized spacial score (nSPS) is 16.1. The molecule has 25 nitrogen and oxygen atoms in total. The molecule has 3 rings (SSSR count). The lowest BCUT2D eigenvalue weighted by atomic mass is 9.91. The van der Waals surface area contributed by atoms with Crippen molar-refractivity contribution in [1.29, 1.82) is 0 Å². The minimum atomic E-state index is -1.22. The largest absolute Gasteiger partial charge is 0.497 e. The van der Waals surface area contributed by atoms with Crippen molar-refractivity contribution in [3.63, 3.8) is 0 Å². The zero-order valence-corrected chi connectivity index (χ0v) is 47.6. The third-order valence-corrected chi connectivity index (χ3v) is 11.1. The Bertz CT molecular complexity index is 1830. The van der Waals surface area contributed by atoms with Crippen LogP contribution < -0.4 is 25.4 Å². The molecule has 25 heteroatoms. The van der Waals surface area contributed by atoms with Crippen LogP contribution in [0.3, 0.4) is 0 Å². The van der Waals surface area contributed by atoms with Crippen molar-refractivity contribution >= 4 is 36.4 Å². The number of benzene rings is 1. The molecule has 1 saturated heterocycles. The highest BCUT2D eigenvalue weighted by molar-refractivity contribution is 6.12. The summed E-state index contributed by atoms with van der Waals surface area (Å²) in [5, 5.41) is 8.56. The number of methoxy groups -OCH3 is 2. The summed E-state index contributed by atoms with van der Waals surface area (Å²) in [4.78, 5) is 61.3. The van der Waals surface area contributed by atoms with Crippen molar-refractivity contribution in [2.75, 3.05) is 199 Å². The molecule has 452 valence electrons. The van der Waals surface area contributed by atoms with Crippen LogP contribution in [0.4, 0.5) is 4.79 Å². The number of aliphatic imine (C=N–C) groups is 2. The van der Waals surface area contributed by atoms with Gasteiger partial charge in [0.15, 0.2) is 0 Å². The van der Waals surface area contributed by atoms with Crippen molar-refractivity contribution in [3.05, 3.63) is 35.5 Å². The number of hydrogen-bond donors (Lipinski definition) is 3. The Hall–Kier alpha value is -4.90. The fraction of sp³-hybridized carbons (Fsp3) is 0.741. The number of unbranched alkanes of at least 4 members (excludes halogenated alkanes) is 1. The number of carbonyl (C=O) groups is 4. The predicted octanol–water partition coefficient (Wildman–Crippen LogP) is 2.94. The van der Waals surface area contributed by atoms with Crippen LogP contribution in [0.15, 0.2) is 40.0 Å². The highest BCUT2D eigenvalue weighted by atomic mass is 16.6. The van der Waals surface area contributed by atoms with Crippen LogP contribution in [-0.4, -0.2) is 246 Å². The number of carbonyl (C=O) groups excluding carboxylic acids is 4. The molecule has 1 fully saturated rings. The number of nitrogens with zero attached hydrogens (tertiary/aromatic N) is 3. The van der Waals surface area contributed by atoms with Crippen molar-refractivity contribution in [2.45, 2.75) is 65.0 Å². The topological polar surface area (TPSA) is 271 Å². The number of urea groups is 1. The van der Waals surface area contributed by atoms with Crippen molar-refractivity contribution in [2.24, 2.45) is 9.98 Å². The zero-order chi connectivity index (χ0) is 57.1. The monoisotopic (exact) mass is 1130 g/mol. The maximum absolute atomic E-state index is 13.8. The molecule has 2 heterocycles. The van der Waals surface area contributed by atoms with Gasteiger partial charge in [-0.3, -0.25) is 29.3 Å². The fourth-order valence-corrected chi connectivity index (χ4v) is 6.96. The first-order valence-corrected chi connectivity index (χ1v) is 27.5. The summed E-state index contributed by atoms with van der Waals surface area (Å²) in [7, 11) is 3.05. The van der Waals surface area contributed by atoms with Crippen molar-refractivity contribution in [1.82, 2.24) is 20.9 Å². The lowest BCUT2D eigenvalue weighted by molar-refractivity contribution is -0.145. The molecule has 2 aliphatic rings. The van der Waals surface area contributed by atoms with Gasteiger partial charge in [0.2, 0.25) is 0 Å². The van der Waals surface area contributed by atoms with E-state index in [-0.39, 0.29) is 75.4 Å². The number of esters is 1. The summed E-state index contributed by atoms with van der Waals surface area (Å²) < 4.78 is 81.9. The van der Waals surface area contributed by atoms with E-state index in [0.717, 1.165) is 17.7 Å². The summed E-state index contributed by atoms with van der Waals surface area (Å²) in [5.41, 5.74) is -0.355. The van der Waals surface area contributed by atoms with Gasteiger partial charge in [0.05, 0.1) is 204 Å². The second-order valence-electron chi connectivity index (χ2n) is 16.8. The molecule has 1 aromatic carbocycles. The van der Waals surface area contributed by atoms with Gasteiger partial charge in [-0.15, -0.1) is 0 Å². The minimum Gasteiger partial charge on any atom is -0.497 e. The Balaban J connectivity index is 0.0000105. The Morgan fingerprint density at radius 1 is 0.608 bits per heavy atom. The average molecular weight is 1130 g/mol. The number of nitrogens with one attached hydrogen (secondary N) is 3. The van der Waals surface area contributed by atoms with Gasteiger partial charge in [-0.05, 0) is 37.5 Å². The lowest BCUT2D eigenvalue weighted by Gasteiger charge is -2.25. The van der Waals surface area contributed by atoms with E-state index in [9.17, 15) is 19.2 Å². The molecule has 0 radical (unpaired) electrons. The SMILES string of the molecule is CC.CCCCOC(=O)CCOCCOCCOCCOCCOCCOCCOCCOCCOCCOCCOCCOCCNC(=O)/C1=C/NC=NCCC2(CCN=C1)NC(=O)N(Cc1cc(OC)ccc1OC)C2=O. The maximum Gasteiger partial charge on any atom is 0.325 e. The van der Waals surface area contributed by atoms with E-state index in [4.69, 9.17) is 71.1 Å². The maximum atomic E-state index is 13.8. The molecule has 4 amide bonds. The van der Waals surface area contributed by atoms with E-state index in [2.05, 4.69) is 25.9 Å². The van der Waals surface area contributed by atoms with Crippen LogP contribution in [0.2, 0.25) is 0 Å². The highest BCUT2D eigenvalue weighted by Crippen LogP contribution is 2.31. The number of rotatable bonds is 47. The number of hydrogen-bond acceptors (Lipinski definition) is 22. The second kappa shape index (κ2) is 49.0. The van der Waals surface area contributed by atoms with Crippen molar-refractivity contribution in [3.8, 4) is 11.5 Å². The summed E-state index contributed by atoms with van der Waals surface area (Å²) in [6.07, 6.45) is 6.93. The quantitative estimate of drug-likeness (QED) is 0.0481. The first-order valence-electron chi connectivity index (χ1n) is 27.5. The average Bonchev–Trinajstić information content (AvgIpc) is 3.69. The van der Waals surface area contributed by atoms with E-state index >= 15 is 0 Å². The molecule has 2 aliphatic heterocycles. The molecular weight excluding hydrogens is 1040 g/mol. The fourth-order valence-electron chi connectivity index (χ4n) is 6.96. The van der Waals surface area contributed by atoms with E-state index in [1.165, 1.54) is 33.0 Å². The second-order valence-corrected chi connectivity index (χ2v) is 16.8. The molecule has 79 heavy (non-hydrogen) atoms. The molecule has 1 spiro atoms. The van der Waals surface area contributed by atoms with Crippen molar-refractivity contribution < 1.29 is 90.2 Å². The Kier molecular flexibility index (Phi) is 43.5. The van der Waals surface area contributed by atoms with Gasteiger partial charge in [-0.2, -0.15) is 0 Å². The van der Waals surface area contributed by atoms with Gasteiger partial charge in [0.1, 0.15) is 17.0 Å². The van der Waals surface area contributed by atoms with Gasteiger partial charge in [0.25, 0.3) is 11.8 Å². The predicted molar refractivity (Wildman–Crippen MR) is 293 cm³/mol. The number of ether oxygens (including phenoxy) is 15. The molecule has 0 saturated carbocycles. The van der Waals surface area contributed by atoms with Gasteiger partial charge < -0.3 is 87.0 Å². The van der Waals surface area contributed by atoms with Crippen LogP contribution in [-0.2, 0) is 82.5 Å². The van der Waals surface area contributed by atoms with E-state index in [1.54, 1.807) is 18.2 Å². The standard InChI is InChI=1S/C52H86N6O19.C2H6/c1-4-5-14-77-48(59)8-15-65-17-19-67-21-23-69-25-27-71-29-31-73-33-35-75-37-38-76-36-34-74-32-30-72-28-26-70-24-22-68-20-18-66-16-13-56-49(60)45-40-53-11-9-52(10-12-54-43-55-41-45)50(61)58(51(62)57-52)42-44-39-46(63-2)6-7-47(44)64-3;1-2/h6-7,39-41,43H,4-5,8-38,42H2,1-3H3,(H,54,55)(H,56,60)(H,57,62);1-2H3/b45-41+,53-40?;. The summed E-state index contributed by atoms with van der Waals surface area (Å²) in [6, 6.07) is 4.66. The molecular formula is C54H92N6O19. The minimum absolute atomic E-state index is 0.00680. The number of amides is 4. The Morgan fingerprint density at radius 2 is 1.06 bits per heavy atom. The third-order valence-electron chi connectivity index (χ3n) is 11.1. The van der Waals surface area contributed by atoms with Crippen LogP contribution in [0.1, 0.15) is 58.4 Å². The van der Waals surface area contributed by atoms with Crippen LogP contribution in [0, 0.1) is 0 Å². The summed E-state index contributed by atoms with van der Waals surface area (Å²) in [5.74, 6) is 0.0925. The third kappa shape index (κ3) is 34.1. The molecule has 0 aliphatic carbocycles. The van der Waals surface area contributed by atoms with Crippen LogP contribution in [0.5, 0.6) is 11.5 Å². The van der Waals surface area contributed by atoms with Crippen LogP contribution >= 0.6 is 0 Å². The smallest absolute Gasteiger partial charge is 0.325 e. The highest BCUT2D eigenvalue weighted by Gasteiger charge is 2.50. The summed E-state index contributed by atoms with van der Waals surface area (Å²) in [6.45, 7) is 17.5. The molecule has 1 atom stereocenters. The van der Waals surface area contributed by atoms with E-state index in [0.29, 0.717) is 176 Å². The molecule has 0 bridgehead atoms.